The van der Waals surface area contributed by atoms with Gasteiger partial charge in [0.1, 0.15) is 12.4 Å². The van der Waals surface area contributed by atoms with Crippen LogP contribution >= 0.6 is 11.8 Å². The number of nitrogen functional groups attached to an aromatic ring is 1. The maximum absolute atomic E-state index is 13.0. The van der Waals surface area contributed by atoms with Crippen molar-refractivity contribution in [2.45, 2.75) is 6.92 Å². The zero-order valence-corrected chi connectivity index (χ0v) is 9.85. The topological polar surface area (TPSA) is 52.3 Å². The van der Waals surface area contributed by atoms with Crippen LogP contribution in [-0.4, -0.2) is 24.1 Å². The molecule has 0 aliphatic rings. The Morgan fingerprint density at radius 2 is 2.31 bits per heavy atom. The predicted molar refractivity (Wildman–Crippen MR) is 64.1 cm³/mol. The molecule has 2 N–H and O–H groups in total. The van der Waals surface area contributed by atoms with E-state index in [2.05, 4.69) is 0 Å². The fourth-order valence-electron chi connectivity index (χ4n) is 1.08. The molecule has 3 nitrogen and oxygen atoms in total. The quantitative estimate of drug-likeness (QED) is 0.490. The molecule has 0 radical (unpaired) electrons. The van der Waals surface area contributed by atoms with Crippen LogP contribution in [0.5, 0.6) is 0 Å². The van der Waals surface area contributed by atoms with Gasteiger partial charge in [-0.3, -0.25) is 0 Å². The van der Waals surface area contributed by atoms with Gasteiger partial charge in [0.05, 0.1) is 11.3 Å². The Morgan fingerprint density at radius 3 is 2.94 bits per heavy atom. The molecule has 1 aromatic carbocycles. The fraction of sp³-hybridized carbons (Fsp3) is 0.364. The molecule has 0 saturated carbocycles. The van der Waals surface area contributed by atoms with Gasteiger partial charge in [-0.25, -0.2) is 9.18 Å². The number of benzene rings is 1. The van der Waals surface area contributed by atoms with Crippen LogP contribution in [0.25, 0.3) is 0 Å². The number of esters is 1. The molecule has 0 aliphatic carbocycles. The Balaban J connectivity index is 2.50. The summed E-state index contributed by atoms with van der Waals surface area (Å²) in [6, 6.07) is 3.89. The van der Waals surface area contributed by atoms with Gasteiger partial charge in [0.15, 0.2) is 0 Å². The summed E-state index contributed by atoms with van der Waals surface area (Å²) in [7, 11) is 0. The summed E-state index contributed by atoms with van der Waals surface area (Å²) in [5, 5.41) is 0. The highest BCUT2D eigenvalue weighted by Crippen LogP contribution is 2.12. The van der Waals surface area contributed by atoms with E-state index in [9.17, 15) is 9.18 Å². The second kappa shape index (κ2) is 6.37. The van der Waals surface area contributed by atoms with Gasteiger partial charge in [0.2, 0.25) is 0 Å². The maximum Gasteiger partial charge on any atom is 0.338 e. The van der Waals surface area contributed by atoms with Crippen LogP contribution in [0.2, 0.25) is 0 Å². The van der Waals surface area contributed by atoms with Gasteiger partial charge in [-0.05, 0) is 24.0 Å². The summed E-state index contributed by atoms with van der Waals surface area (Å²) < 4.78 is 18.0. The maximum atomic E-state index is 13.0. The number of carbonyl (C=O) groups excluding carboxylic acids is 1. The third-order valence-corrected chi connectivity index (χ3v) is 2.76. The van der Waals surface area contributed by atoms with Crippen LogP contribution in [0, 0.1) is 5.82 Å². The summed E-state index contributed by atoms with van der Waals surface area (Å²) in [6.07, 6.45) is 0. The van der Waals surface area contributed by atoms with Crippen molar-refractivity contribution in [3.05, 3.63) is 29.6 Å². The number of hydrogen-bond donors (Lipinski definition) is 1. The number of thioether (sulfide) groups is 1. The molecule has 0 bridgehead atoms. The van der Waals surface area contributed by atoms with Crippen molar-refractivity contribution < 1.29 is 13.9 Å². The molecule has 0 unspecified atom stereocenters. The van der Waals surface area contributed by atoms with E-state index in [0.29, 0.717) is 6.61 Å². The number of anilines is 1. The van der Waals surface area contributed by atoms with Crippen molar-refractivity contribution in [2.75, 3.05) is 23.8 Å². The molecule has 0 saturated heterocycles. The summed E-state index contributed by atoms with van der Waals surface area (Å²) in [4.78, 5) is 11.4. The highest BCUT2D eigenvalue weighted by molar-refractivity contribution is 7.99. The van der Waals surface area contributed by atoms with Crippen molar-refractivity contribution in [2.24, 2.45) is 0 Å². The smallest absolute Gasteiger partial charge is 0.338 e. The zero-order valence-electron chi connectivity index (χ0n) is 9.03. The van der Waals surface area contributed by atoms with Crippen molar-refractivity contribution in [1.82, 2.24) is 0 Å². The molecular formula is C11H14FNO2S. The van der Waals surface area contributed by atoms with Crippen LogP contribution in [-0.2, 0) is 4.74 Å². The monoisotopic (exact) mass is 243 g/mol. The second-order valence-corrected chi connectivity index (χ2v) is 4.46. The Bertz CT molecular complexity index is 371. The second-order valence-electron chi connectivity index (χ2n) is 3.07. The lowest BCUT2D eigenvalue weighted by atomic mass is 10.2. The first-order valence-electron chi connectivity index (χ1n) is 4.95. The molecule has 0 amide bonds. The lowest BCUT2D eigenvalue weighted by molar-refractivity contribution is 0.0530. The van der Waals surface area contributed by atoms with Crippen molar-refractivity contribution in [1.29, 1.82) is 0 Å². The van der Waals surface area contributed by atoms with Crippen molar-refractivity contribution in [3.8, 4) is 0 Å². The zero-order chi connectivity index (χ0) is 12.0. The molecule has 0 fully saturated rings. The Kier molecular flexibility index (Phi) is 5.11. The first-order valence-corrected chi connectivity index (χ1v) is 6.10. The molecular weight excluding hydrogens is 229 g/mol. The van der Waals surface area contributed by atoms with E-state index in [-0.39, 0.29) is 11.3 Å². The minimum absolute atomic E-state index is 0.0260. The molecule has 88 valence electrons. The van der Waals surface area contributed by atoms with Crippen LogP contribution < -0.4 is 5.73 Å². The summed E-state index contributed by atoms with van der Waals surface area (Å²) >= 11 is 1.68. The molecule has 0 aromatic heterocycles. The largest absolute Gasteiger partial charge is 0.461 e. The highest BCUT2D eigenvalue weighted by Gasteiger charge is 2.09. The molecule has 0 atom stereocenters. The Hall–Kier alpha value is -1.23. The molecule has 5 heteroatoms. The lowest BCUT2D eigenvalue weighted by Crippen LogP contribution is -2.08. The van der Waals surface area contributed by atoms with E-state index in [1.54, 1.807) is 11.8 Å². The average molecular weight is 243 g/mol. The normalized spacial score (nSPS) is 10.1. The van der Waals surface area contributed by atoms with Crippen LogP contribution in [0.3, 0.4) is 0 Å². The number of rotatable bonds is 5. The summed E-state index contributed by atoms with van der Waals surface area (Å²) in [5.41, 5.74) is 5.51. The van der Waals surface area contributed by atoms with Gasteiger partial charge in [-0.1, -0.05) is 6.92 Å². The standard InChI is InChI=1S/C11H14FNO2S/c1-2-16-6-5-15-11(14)8-3-4-10(13)9(12)7-8/h3-4,7H,2,5-6,13H2,1H3. The number of halogens is 1. The predicted octanol–water partition coefficient (Wildman–Crippen LogP) is 2.32. The number of nitrogens with two attached hydrogens (primary N) is 1. The average Bonchev–Trinajstić information content (AvgIpc) is 2.28. The SMILES string of the molecule is CCSCCOC(=O)c1ccc(N)c(F)c1. The number of hydrogen-bond acceptors (Lipinski definition) is 4. The van der Waals surface area contributed by atoms with Crippen molar-refractivity contribution in [3.63, 3.8) is 0 Å². The Labute approximate surface area is 98.2 Å². The highest BCUT2D eigenvalue weighted by atomic mass is 32.2. The molecule has 1 aromatic rings. The van der Waals surface area contributed by atoms with Crippen molar-refractivity contribution >= 4 is 23.4 Å². The first-order chi connectivity index (χ1) is 7.65. The van der Waals surface area contributed by atoms with Crippen LogP contribution in [0.1, 0.15) is 17.3 Å². The van der Waals surface area contributed by atoms with Gasteiger partial charge in [0.25, 0.3) is 0 Å². The van der Waals surface area contributed by atoms with E-state index in [1.807, 2.05) is 6.92 Å². The number of ether oxygens (including phenoxy) is 1. The van der Waals surface area contributed by atoms with Gasteiger partial charge >= 0.3 is 5.97 Å². The van der Waals surface area contributed by atoms with E-state index in [4.69, 9.17) is 10.5 Å². The summed E-state index contributed by atoms with van der Waals surface area (Å²) in [6.45, 7) is 2.37. The molecule has 0 heterocycles. The first kappa shape index (κ1) is 12.8. The lowest BCUT2D eigenvalue weighted by Gasteiger charge is -2.04. The van der Waals surface area contributed by atoms with E-state index in [0.717, 1.165) is 17.6 Å². The number of carbonyl (C=O) groups is 1. The minimum atomic E-state index is -0.600. The molecule has 1 rings (SSSR count). The molecule has 0 aliphatic heterocycles. The van der Waals surface area contributed by atoms with Gasteiger partial charge in [-0.15, -0.1) is 0 Å². The Morgan fingerprint density at radius 1 is 1.56 bits per heavy atom. The fourth-order valence-corrected chi connectivity index (χ4v) is 1.56. The van der Waals surface area contributed by atoms with Gasteiger partial charge in [0, 0.05) is 5.75 Å². The minimum Gasteiger partial charge on any atom is -0.461 e. The van der Waals surface area contributed by atoms with Crippen LogP contribution in [0.15, 0.2) is 18.2 Å². The van der Waals surface area contributed by atoms with Gasteiger partial charge in [-0.2, -0.15) is 11.8 Å². The molecule has 16 heavy (non-hydrogen) atoms. The third-order valence-electron chi connectivity index (χ3n) is 1.90. The molecule has 0 spiro atoms. The third kappa shape index (κ3) is 3.73. The van der Waals surface area contributed by atoms with Gasteiger partial charge < -0.3 is 10.5 Å². The summed E-state index contributed by atoms with van der Waals surface area (Å²) in [5.74, 6) is 0.612. The van der Waals surface area contributed by atoms with Crippen LogP contribution in [0.4, 0.5) is 10.1 Å². The van der Waals surface area contributed by atoms with E-state index >= 15 is 0 Å². The van der Waals surface area contributed by atoms with E-state index in [1.165, 1.54) is 12.1 Å². The van der Waals surface area contributed by atoms with E-state index < -0.39 is 11.8 Å².